The van der Waals surface area contributed by atoms with Gasteiger partial charge in [0.1, 0.15) is 0 Å². The highest BCUT2D eigenvalue weighted by molar-refractivity contribution is 7.89. The van der Waals surface area contributed by atoms with Crippen molar-refractivity contribution in [2.24, 2.45) is 5.41 Å². The third kappa shape index (κ3) is 2.94. The number of anilines is 1. The standard InChI is InChI=1S/C16H26N2O2S/c1-5-16(7-6-8-16)10-18-21(19,20)15-12(3)9-11(2)14(17)13(15)4/h9,18H,5-8,10,17H2,1-4H3. The van der Waals surface area contributed by atoms with Crippen molar-refractivity contribution in [3.63, 3.8) is 0 Å². The van der Waals surface area contributed by atoms with Crippen LogP contribution >= 0.6 is 0 Å². The molecule has 2 rings (SSSR count). The maximum absolute atomic E-state index is 12.7. The highest BCUT2D eigenvalue weighted by atomic mass is 32.2. The molecule has 0 saturated heterocycles. The van der Waals surface area contributed by atoms with Gasteiger partial charge in [0.05, 0.1) is 4.90 Å². The lowest BCUT2D eigenvalue weighted by atomic mass is 9.67. The topological polar surface area (TPSA) is 72.2 Å². The fourth-order valence-corrected chi connectivity index (χ4v) is 4.88. The summed E-state index contributed by atoms with van der Waals surface area (Å²) >= 11 is 0. The average molecular weight is 310 g/mol. The minimum Gasteiger partial charge on any atom is -0.398 e. The van der Waals surface area contributed by atoms with Crippen LogP contribution in [0, 0.1) is 26.2 Å². The third-order valence-electron chi connectivity index (χ3n) is 5.03. The zero-order valence-corrected chi connectivity index (χ0v) is 14.2. The van der Waals surface area contributed by atoms with Crippen molar-refractivity contribution >= 4 is 15.7 Å². The quantitative estimate of drug-likeness (QED) is 0.821. The van der Waals surface area contributed by atoms with Crippen LogP contribution in [-0.4, -0.2) is 15.0 Å². The highest BCUT2D eigenvalue weighted by Gasteiger charge is 2.36. The highest BCUT2D eigenvalue weighted by Crippen LogP contribution is 2.43. The molecule has 1 aliphatic carbocycles. The normalized spacial score (nSPS) is 17.5. The molecule has 0 spiro atoms. The van der Waals surface area contributed by atoms with E-state index in [4.69, 9.17) is 5.73 Å². The zero-order chi connectivity index (χ0) is 15.8. The average Bonchev–Trinajstić information content (AvgIpc) is 2.35. The Labute approximate surface area is 128 Å². The lowest BCUT2D eigenvalue weighted by Gasteiger charge is -2.41. The minimum absolute atomic E-state index is 0.158. The molecule has 118 valence electrons. The minimum atomic E-state index is -3.51. The van der Waals surface area contributed by atoms with Crippen LogP contribution in [0.25, 0.3) is 0 Å². The lowest BCUT2D eigenvalue weighted by Crippen LogP contribution is -2.42. The van der Waals surface area contributed by atoms with Crippen molar-refractivity contribution < 1.29 is 8.42 Å². The number of nitrogens with two attached hydrogens (primary N) is 1. The van der Waals surface area contributed by atoms with Gasteiger partial charge in [-0.05, 0) is 62.1 Å². The molecule has 0 heterocycles. The summed E-state index contributed by atoms with van der Waals surface area (Å²) in [7, 11) is -3.51. The van der Waals surface area contributed by atoms with Crippen molar-refractivity contribution in [1.29, 1.82) is 0 Å². The van der Waals surface area contributed by atoms with E-state index in [0.717, 1.165) is 30.4 Å². The predicted octanol–water partition coefficient (Wildman–Crippen LogP) is 3.05. The molecule has 21 heavy (non-hydrogen) atoms. The molecular formula is C16H26N2O2S. The molecule has 0 unspecified atom stereocenters. The second-order valence-corrected chi connectivity index (χ2v) is 8.11. The largest absolute Gasteiger partial charge is 0.398 e. The first-order chi connectivity index (χ1) is 9.72. The van der Waals surface area contributed by atoms with Gasteiger partial charge in [-0.3, -0.25) is 0 Å². The van der Waals surface area contributed by atoms with Gasteiger partial charge in [0.2, 0.25) is 10.0 Å². The molecule has 1 saturated carbocycles. The van der Waals surface area contributed by atoms with Crippen molar-refractivity contribution in [1.82, 2.24) is 4.72 Å². The van der Waals surface area contributed by atoms with Crippen molar-refractivity contribution in [3.8, 4) is 0 Å². The molecule has 0 aromatic heterocycles. The second-order valence-electron chi connectivity index (χ2n) is 6.41. The summed E-state index contributed by atoms with van der Waals surface area (Å²) in [5.74, 6) is 0. The lowest BCUT2D eigenvalue weighted by molar-refractivity contribution is 0.133. The Bertz CT molecular complexity index is 641. The van der Waals surface area contributed by atoms with Crippen molar-refractivity contribution in [2.75, 3.05) is 12.3 Å². The molecule has 1 aliphatic rings. The molecular weight excluding hydrogens is 284 g/mol. The molecule has 5 heteroatoms. The summed E-state index contributed by atoms with van der Waals surface area (Å²) in [5.41, 5.74) is 9.06. The first-order valence-corrected chi connectivity index (χ1v) is 9.07. The maximum atomic E-state index is 12.7. The number of hydrogen-bond acceptors (Lipinski definition) is 3. The van der Waals surface area contributed by atoms with E-state index in [0.29, 0.717) is 22.7 Å². The Morgan fingerprint density at radius 3 is 2.33 bits per heavy atom. The summed E-state index contributed by atoms with van der Waals surface area (Å²) in [6, 6.07) is 1.84. The van der Waals surface area contributed by atoms with Crippen LogP contribution in [0.3, 0.4) is 0 Å². The number of aryl methyl sites for hydroxylation is 2. The number of sulfonamides is 1. The molecule has 4 nitrogen and oxygen atoms in total. The number of nitrogen functional groups attached to an aromatic ring is 1. The summed E-state index contributed by atoms with van der Waals surface area (Å²) in [6.07, 6.45) is 4.44. The fourth-order valence-electron chi connectivity index (χ4n) is 3.25. The van der Waals surface area contributed by atoms with E-state index in [2.05, 4.69) is 11.6 Å². The molecule has 0 amide bonds. The molecule has 0 atom stereocenters. The Morgan fingerprint density at radius 2 is 1.86 bits per heavy atom. The summed E-state index contributed by atoms with van der Waals surface area (Å²) in [5, 5.41) is 0. The van der Waals surface area contributed by atoms with Gasteiger partial charge in [-0.15, -0.1) is 0 Å². The predicted molar refractivity (Wildman–Crippen MR) is 86.8 cm³/mol. The number of benzene rings is 1. The van der Waals surface area contributed by atoms with Crippen LogP contribution in [0.4, 0.5) is 5.69 Å². The van der Waals surface area contributed by atoms with E-state index < -0.39 is 10.0 Å². The molecule has 0 aliphatic heterocycles. The Morgan fingerprint density at radius 1 is 1.24 bits per heavy atom. The van der Waals surface area contributed by atoms with Crippen LogP contribution in [0.1, 0.15) is 49.3 Å². The van der Waals surface area contributed by atoms with Crippen LogP contribution < -0.4 is 10.5 Å². The maximum Gasteiger partial charge on any atom is 0.241 e. The first kappa shape index (κ1) is 16.3. The van der Waals surface area contributed by atoms with Crippen molar-refractivity contribution in [3.05, 3.63) is 22.8 Å². The van der Waals surface area contributed by atoms with Crippen LogP contribution in [0.2, 0.25) is 0 Å². The number of rotatable bonds is 5. The summed E-state index contributed by atoms with van der Waals surface area (Å²) in [6.45, 7) is 8.17. The molecule has 0 bridgehead atoms. The molecule has 3 N–H and O–H groups in total. The smallest absolute Gasteiger partial charge is 0.241 e. The van der Waals surface area contributed by atoms with E-state index in [-0.39, 0.29) is 5.41 Å². The Balaban J connectivity index is 2.30. The van der Waals surface area contributed by atoms with Crippen LogP contribution in [-0.2, 0) is 10.0 Å². The van der Waals surface area contributed by atoms with Gasteiger partial charge >= 0.3 is 0 Å². The van der Waals surface area contributed by atoms with E-state index >= 15 is 0 Å². The summed E-state index contributed by atoms with van der Waals surface area (Å²) < 4.78 is 28.2. The van der Waals surface area contributed by atoms with E-state index in [1.165, 1.54) is 6.42 Å². The zero-order valence-electron chi connectivity index (χ0n) is 13.4. The monoisotopic (exact) mass is 310 g/mol. The van der Waals surface area contributed by atoms with Crippen LogP contribution in [0.5, 0.6) is 0 Å². The number of hydrogen-bond donors (Lipinski definition) is 2. The van der Waals surface area contributed by atoms with Gasteiger partial charge in [0.25, 0.3) is 0 Å². The van der Waals surface area contributed by atoms with E-state index in [9.17, 15) is 8.42 Å². The van der Waals surface area contributed by atoms with Gasteiger partial charge < -0.3 is 5.73 Å². The summed E-state index contributed by atoms with van der Waals surface area (Å²) in [4.78, 5) is 0.344. The van der Waals surface area contributed by atoms with E-state index in [1.54, 1.807) is 6.92 Å². The SMILES string of the molecule is CCC1(CNS(=O)(=O)c2c(C)cc(C)c(N)c2C)CCC1. The Kier molecular flexibility index (Phi) is 4.36. The van der Waals surface area contributed by atoms with Gasteiger partial charge in [-0.2, -0.15) is 0 Å². The fraction of sp³-hybridized carbons (Fsp3) is 0.625. The van der Waals surface area contributed by atoms with Gasteiger partial charge in [0, 0.05) is 12.2 Å². The van der Waals surface area contributed by atoms with Crippen molar-refractivity contribution in [2.45, 2.75) is 58.3 Å². The van der Waals surface area contributed by atoms with E-state index in [1.807, 2.05) is 19.9 Å². The van der Waals surface area contributed by atoms with Gasteiger partial charge in [0.15, 0.2) is 0 Å². The molecule has 1 fully saturated rings. The van der Waals surface area contributed by atoms with Gasteiger partial charge in [-0.25, -0.2) is 13.1 Å². The molecule has 1 aromatic rings. The van der Waals surface area contributed by atoms with Gasteiger partial charge in [-0.1, -0.05) is 19.4 Å². The second kappa shape index (κ2) is 5.61. The van der Waals surface area contributed by atoms with Crippen LogP contribution in [0.15, 0.2) is 11.0 Å². The number of nitrogens with one attached hydrogen (secondary N) is 1. The Hall–Kier alpha value is -1.07. The third-order valence-corrected chi connectivity index (χ3v) is 6.72. The molecule has 0 radical (unpaired) electrons. The first-order valence-electron chi connectivity index (χ1n) is 7.58. The molecule has 1 aromatic carbocycles.